The van der Waals surface area contributed by atoms with Crippen LogP contribution in [-0.2, 0) is 21.6 Å². The van der Waals surface area contributed by atoms with Crippen molar-refractivity contribution >= 4 is 29.4 Å². The van der Waals surface area contributed by atoms with Crippen LogP contribution in [-0.4, -0.2) is 47.4 Å². The van der Waals surface area contributed by atoms with E-state index in [1.54, 1.807) is 6.07 Å². The predicted octanol–water partition coefficient (Wildman–Crippen LogP) is 4.13. The first-order chi connectivity index (χ1) is 18.7. The van der Waals surface area contributed by atoms with Gasteiger partial charge in [0.15, 0.2) is 23.8 Å². The lowest BCUT2D eigenvalue weighted by Gasteiger charge is -2.27. The molecule has 1 atom stereocenters. The molecule has 0 unspecified atom stereocenters. The third-order valence-electron chi connectivity index (χ3n) is 5.83. The van der Waals surface area contributed by atoms with Gasteiger partial charge in [-0.1, -0.05) is 41.9 Å². The first-order valence-electron chi connectivity index (χ1n) is 11.2. The fourth-order valence-electron chi connectivity index (χ4n) is 4.07. The van der Waals surface area contributed by atoms with Gasteiger partial charge in [-0.15, -0.1) is 0 Å². The highest BCUT2D eigenvalue weighted by Crippen LogP contribution is 2.49. The number of aliphatic carboxylic acids is 2. The van der Waals surface area contributed by atoms with Gasteiger partial charge in [0.25, 0.3) is 0 Å². The number of amides is 1. The molecule has 1 aliphatic heterocycles. The maximum atomic E-state index is 15.6. The monoisotopic (exact) mass is 584 g/mol. The molecule has 14 heteroatoms. The molecule has 0 fully saturated rings. The van der Waals surface area contributed by atoms with Gasteiger partial charge in [0.1, 0.15) is 5.75 Å². The summed E-state index contributed by atoms with van der Waals surface area (Å²) in [5.41, 5.74) is 12.0. The Kier molecular flexibility index (Phi) is 8.90. The molecule has 0 radical (unpaired) electrons. The molecular formula is C26H21ClF4N2O7. The number of halogens is 5. The molecule has 1 heterocycles. The maximum absolute atomic E-state index is 15.6. The van der Waals surface area contributed by atoms with Gasteiger partial charge < -0.3 is 31.2 Å². The molecule has 1 aliphatic rings. The zero-order chi connectivity index (χ0) is 29.8. The lowest BCUT2D eigenvalue weighted by molar-refractivity contribution is -0.192. The number of carbonyl (C=O) groups is 3. The molecule has 0 spiro atoms. The van der Waals surface area contributed by atoms with Crippen LogP contribution in [0.25, 0.3) is 11.1 Å². The average molecular weight is 585 g/mol. The van der Waals surface area contributed by atoms with E-state index in [1.165, 1.54) is 12.1 Å². The minimum atomic E-state index is -5.08. The van der Waals surface area contributed by atoms with Crippen LogP contribution >= 0.6 is 11.6 Å². The summed E-state index contributed by atoms with van der Waals surface area (Å²) in [6, 6.07) is 15.0. The van der Waals surface area contributed by atoms with Crippen LogP contribution in [0.5, 0.6) is 11.5 Å². The summed E-state index contributed by atoms with van der Waals surface area (Å²) >= 11 is 6.51. The summed E-state index contributed by atoms with van der Waals surface area (Å²) in [7, 11) is 0. The second kappa shape index (κ2) is 11.8. The lowest BCUT2D eigenvalue weighted by Crippen LogP contribution is -2.39. The van der Waals surface area contributed by atoms with E-state index in [-0.39, 0.29) is 40.4 Å². The second-order valence-corrected chi connectivity index (χ2v) is 8.80. The zero-order valence-corrected chi connectivity index (χ0v) is 21.1. The molecule has 3 aromatic rings. The van der Waals surface area contributed by atoms with Gasteiger partial charge in [-0.3, -0.25) is 4.79 Å². The van der Waals surface area contributed by atoms with E-state index >= 15 is 4.39 Å². The summed E-state index contributed by atoms with van der Waals surface area (Å²) < 4.78 is 58.7. The fraction of sp³-hybridized carbons (Fsp3) is 0.192. The number of fused-ring (bicyclic) bond motifs is 1. The van der Waals surface area contributed by atoms with E-state index in [1.807, 2.05) is 30.3 Å². The van der Waals surface area contributed by atoms with E-state index < -0.39 is 42.0 Å². The standard InChI is InChI=1S/C24H20ClFN2O5.C2HF3O2/c25-16-7-9-17-15(10-24(12-27,33-17)13-4-2-1-3-5-13)20(16)21-14(23(28)31)6-8-18(22(21)26)32-11-19(29)30;3-2(4,5)1(6)7/h1-9H,10-12,27H2,(H2,28,31)(H,29,30);(H,6,7)/t24-;/m1./s1. The largest absolute Gasteiger partial charge is 0.490 e. The normalized spacial score (nSPS) is 15.8. The van der Waals surface area contributed by atoms with Crippen LogP contribution in [0.1, 0.15) is 21.5 Å². The SMILES string of the molecule is NC[C@@]1(c2ccccc2)Cc2c(ccc(Cl)c2-c2c(C(N)=O)ccc(OCC(=O)O)c2F)O1.O=C(O)C(F)(F)F. The van der Waals surface area contributed by atoms with E-state index in [2.05, 4.69) is 0 Å². The number of primary amides is 1. The maximum Gasteiger partial charge on any atom is 0.490 e. The van der Waals surface area contributed by atoms with Crippen LogP contribution < -0.4 is 20.9 Å². The van der Waals surface area contributed by atoms with Crippen molar-refractivity contribution in [1.29, 1.82) is 0 Å². The van der Waals surface area contributed by atoms with Crippen molar-refractivity contribution in [3.8, 4) is 22.6 Å². The summed E-state index contributed by atoms with van der Waals surface area (Å²) in [4.78, 5) is 32.0. The van der Waals surface area contributed by atoms with E-state index in [4.69, 9.17) is 47.5 Å². The molecule has 3 aromatic carbocycles. The van der Waals surface area contributed by atoms with Gasteiger partial charge in [-0.2, -0.15) is 13.2 Å². The minimum Gasteiger partial charge on any atom is -0.481 e. The highest BCUT2D eigenvalue weighted by atomic mass is 35.5. The predicted molar refractivity (Wildman–Crippen MR) is 134 cm³/mol. The van der Waals surface area contributed by atoms with Crippen molar-refractivity contribution in [1.82, 2.24) is 0 Å². The molecule has 0 aliphatic carbocycles. The van der Waals surface area contributed by atoms with Crippen LogP contribution in [0, 0.1) is 5.82 Å². The quantitative estimate of drug-likeness (QED) is 0.301. The number of alkyl halides is 3. The number of carboxylic acid groups (broad SMARTS) is 2. The lowest BCUT2D eigenvalue weighted by atomic mass is 9.85. The molecule has 6 N–H and O–H groups in total. The molecule has 40 heavy (non-hydrogen) atoms. The van der Waals surface area contributed by atoms with Gasteiger partial charge in [0.2, 0.25) is 5.91 Å². The number of hydrogen-bond acceptors (Lipinski definition) is 6. The molecule has 9 nitrogen and oxygen atoms in total. The summed E-state index contributed by atoms with van der Waals surface area (Å²) in [6.07, 6.45) is -4.82. The van der Waals surface area contributed by atoms with Crippen LogP contribution in [0.2, 0.25) is 5.02 Å². The summed E-state index contributed by atoms with van der Waals surface area (Å²) in [6.45, 7) is -0.629. The molecule has 0 saturated heterocycles. The molecule has 0 saturated carbocycles. The van der Waals surface area contributed by atoms with Crippen molar-refractivity contribution in [2.45, 2.75) is 18.2 Å². The third kappa shape index (κ3) is 6.26. The Hall–Kier alpha value is -4.36. The Morgan fingerprint density at radius 2 is 1.65 bits per heavy atom. The van der Waals surface area contributed by atoms with Gasteiger partial charge in [0.05, 0.1) is 5.56 Å². The van der Waals surface area contributed by atoms with Crippen molar-refractivity contribution in [3.63, 3.8) is 0 Å². The number of carboxylic acids is 2. The first-order valence-corrected chi connectivity index (χ1v) is 11.6. The van der Waals surface area contributed by atoms with Gasteiger partial charge in [-0.25, -0.2) is 14.0 Å². The van der Waals surface area contributed by atoms with Crippen molar-refractivity contribution in [3.05, 3.63) is 82.1 Å². The first kappa shape index (κ1) is 30.2. The molecule has 0 bridgehead atoms. The Morgan fingerprint density at radius 1 is 1.02 bits per heavy atom. The van der Waals surface area contributed by atoms with Gasteiger partial charge in [0, 0.05) is 34.7 Å². The Balaban J connectivity index is 0.000000559. The van der Waals surface area contributed by atoms with E-state index in [0.717, 1.165) is 11.6 Å². The number of nitrogens with two attached hydrogens (primary N) is 2. The topological polar surface area (TPSA) is 162 Å². The minimum absolute atomic E-state index is 0.129. The van der Waals surface area contributed by atoms with E-state index in [9.17, 15) is 22.8 Å². The van der Waals surface area contributed by atoms with Crippen molar-refractivity contribution in [2.75, 3.05) is 13.2 Å². The molecule has 0 aromatic heterocycles. The molecule has 212 valence electrons. The number of benzene rings is 3. The molecule has 4 rings (SSSR count). The number of hydrogen-bond donors (Lipinski definition) is 4. The molecule has 1 amide bonds. The summed E-state index contributed by atoms with van der Waals surface area (Å²) in [5.74, 6) is -5.78. The number of rotatable bonds is 7. The highest BCUT2D eigenvalue weighted by Gasteiger charge is 2.42. The van der Waals surface area contributed by atoms with Crippen LogP contribution in [0.15, 0.2) is 54.6 Å². The highest BCUT2D eigenvalue weighted by molar-refractivity contribution is 6.34. The smallest absolute Gasteiger partial charge is 0.481 e. The molecular weight excluding hydrogens is 564 g/mol. The van der Waals surface area contributed by atoms with Crippen LogP contribution in [0.4, 0.5) is 17.6 Å². The second-order valence-electron chi connectivity index (χ2n) is 8.39. The third-order valence-corrected chi connectivity index (χ3v) is 6.15. The zero-order valence-electron chi connectivity index (χ0n) is 20.3. The summed E-state index contributed by atoms with van der Waals surface area (Å²) in [5, 5.41) is 16.2. The number of carbonyl (C=O) groups excluding carboxylic acids is 1. The van der Waals surface area contributed by atoms with Gasteiger partial charge >= 0.3 is 18.1 Å². The van der Waals surface area contributed by atoms with Crippen molar-refractivity contribution in [2.24, 2.45) is 11.5 Å². The van der Waals surface area contributed by atoms with Gasteiger partial charge in [-0.05, 0) is 29.8 Å². The van der Waals surface area contributed by atoms with Crippen LogP contribution in [0.3, 0.4) is 0 Å². The number of ether oxygens (including phenoxy) is 2. The Labute approximate surface area is 228 Å². The Morgan fingerprint density at radius 3 is 2.17 bits per heavy atom. The average Bonchev–Trinajstić information content (AvgIpc) is 3.28. The van der Waals surface area contributed by atoms with Crippen molar-refractivity contribution < 1.29 is 51.6 Å². The fourth-order valence-corrected chi connectivity index (χ4v) is 4.34. The Bertz CT molecular complexity index is 1450. The van der Waals surface area contributed by atoms with E-state index in [0.29, 0.717) is 11.3 Å².